The van der Waals surface area contributed by atoms with Gasteiger partial charge in [-0.3, -0.25) is 4.79 Å². The summed E-state index contributed by atoms with van der Waals surface area (Å²) in [5.74, 6) is 0.112. The van der Waals surface area contributed by atoms with Crippen molar-refractivity contribution in [2.24, 2.45) is 5.92 Å². The number of benzene rings is 1. The molecule has 1 aromatic carbocycles. The van der Waals surface area contributed by atoms with Crippen LogP contribution in [-0.4, -0.2) is 31.4 Å². The molecule has 0 saturated heterocycles. The van der Waals surface area contributed by atoms with Gasteiger partial charge in [0, 0.05) is 30.8 Å². The summed E-state index contributed by atoms with van der Waals surface area (Å²) in [7, 11) is -5.34. The van der Waals surface area contributed by atoms with Crippen LogP contribution in [0.1, 0.15) is 37.1 Å². The lowest BCUT2D eigenvalue weighted by molar-refractivity contribution is -0.120. The number of thiazole rings is 1. The van der Waals surface area contributed by atoms with Gasteiger partial charge in [-0.25, -0.2) is 18.1 Å². The molecule has 1 saturated carbocycles. The van der Waals surface area contributed by atoms with Crippen LogP contribution in [0.4, 0.5) is 18.9 Å². The summed E-state index contributed by atoms with van der Waals surface area (Å²) in [4.78, 5) is 17.3. The predicted molar refractivity (Wildman–Crippen MR) is 109 cm³/mol. The maximum atomic E-state index is 12.3. The van der Waals surface area contributed by atoms with Gasteiger partial charge in [0.1, 0.15) is 0 Å². The van der Waals surface area contributed by atoms with Crippen molar-refractivity contribution in [3.8, 4) is 10.4 Å². The van der Waals surface area contributed by atoms with E-state index in [1.165, 1.54) is 22.5 Å². The molecule has 1 aromatic heterocycles. The van der Waals surface area contributed by atoms with Gasteiger partial charge in [0.15, 0.2) is 0 Å². The molecule has 0 spiro atoms. The first kappa shape index (κ1) is 22.7. The third kappa shape index (κ3) is 5.79. The molecule has 3 rings (SSSR count). The number of nitrogens with one attached hydrogen (secondary N) is 2. The van der Waals surface area contributed by atoms with Crippen molar-refractivity contribution >= 4 is 33.0 Å². The minimum atomic E-state index is -5.34. The normalized spacial score (nSPS) is 15.8. The number of hydrogen-bond acceptors (Lipinski definition) is 5. The van der Waals surface area contributed by atoms with Crippen LogP contribution in [0.3, 0.4) is 0 Å². The molecule has 1 aliphatic rings. The van der Waals surface area contributed by atoms with E-state index in [1.54, 1.807) is 18.3 Å². The first-order chi connectivity index (χ1) is 14.2. The number of aromatic nitrogens is 1. The fourth-order valence-corrected chi connectivity index (χ4v) is 4.72. The third-order valence-corrected chi connectivity index (χ3v) is 7.20. The topological polar surface area (TPSA) is 88.2 Å². The molecule has 1 aliphatic carbocycles. The number of hydrogen-bond donors (Lipinski definition) is 2. The molecular formula is C19H22F3N3O3S2. The van der Waals surface area contributed by atoms with Crippen LogP contribution in [0, 0.1) is 5.92 Å². The van der Waals surface area contributed by atoms with E-state index in [1.807, 2.05) is 12.1 Å². The van der Waals surface area contributed by atoms with Crippen LogP contribution in [0.5, 0.6) is 0 Å². The van der Waals surface area contributed by atoms with Gasteiger partial charge in [-0.15, -0.1) is 11.3 Å². The van der Waals surface area contributed by atoms with Gasteiger partial charge in [0.05, 0.1) is 9.88 Å². The molecular weight excluding hydrogens is 439 g/mol. The minimum absolute atomic E-state index is 0.0452. The SMILES string of the molecule is O=C(Nc1ccc(-c2cnc(CCNS(=O)(=O)C(F)(F)F)s2)cc1)C1CCCCC1. The molecule has 0 bridgehead atoms. The van der Waals surface area contributed by atoms with Crippen LogP contribution in [0.15, 0.2) is 30.5 Å². The smallest absolute Gasteiger partial charge is 0.326 e. The Bertz CT molecular complexity index is 967. The van der Waals surface area contributed by atoms with Crippen molar-refractivity contribution in [3.05, 3.63) is 35.5 Å². The second-order valence-electron chi connectivity index (χ2n) is 7.11. The molecule has 2 aromatic rings. The number of sulfonamides is 1. The van der Waals surface area contributed by atoms with Crippen molar-refractivity contribution in [1.29, 1.82) is 0 Å². The van der Waals surface area contributed by atoms with Crippen molar-refractivity contribution < 1.29 is 26.4 Å². The fourth-order valence-electron chi connectivity index (χ4n) is 3.26. The highest BCUT2D eigenvalue weighted by Gasteiger charge is 2.45. The van der Waals surface area contributed by atoms with Gasteiger partial charge in [-0.1, -0.05) is 31.4 Å². The summed E-state index contributed by atoms with van der Waals surface area (Å²) in [6.07, 6.45) is 6.84. The number of nitrogens with zero attached hydrogens (tertiary/aromatic N) is 1. The summed E-state index contributed by atoms with van der Waals surface area (Å²) in [6.45, 7) is -0.388. The number of carbonyl (C=O) groups is 1. The number of rotatable bonds is 7. The highest BCUT2D eigenvalue weighted by atomic mass is 32.2. The Hall–Kier alpha value is -1.98. The van der Waals surface area contributed by atoms with E-state index >= 15 is 0 Å². The van der Waals surface area contributed by atoms with Gasteiger partial charge >= 0.3 is 15.5 Å². The summed E-state index contributed by atoms with van der Waals surface area (Å²) in [5, 5.41) is 3.46. The van der Waals surface area contributed by atoms with E-state index < -0.39 is 15.5 Å². The molecule has 6 nitrogen and oxygen atoms in total. The fraction of sp³-hybridized carbons (Fsp3) is 0.474. The molecule has 11 heteroatoms. The number of alkyl halides is 3. The van der Waals surface area contributed by atoms with Crippen LogP contribution >= 0.6 is 11.3 Å². The third-order valence-electron chi connectivity index (χ3n) is 4.90. The Morgan fingerprint density at radius 3 is 2.43 bits per heavy atom. The number of amides is 1. The van der Waals surface area contributed by atoms with E-state index in [2.05, 4.69) is 10.3 Å². The standard InChI is InChI=1S/C19H22F3N3O3S2/c20-19(21,22)30(27,28)24-11-10-17-23-12-16(29-17)13-6-8-15(9-7-13)25-18(26)14-4-2-1-3-5-14/h6-9,12,14,24H,1-5,10-11H2,(H,25,26). The maximum Gasteiger partial charge on any atom is 0.511 e. The zero-order valence-electron chi connectivity index (χ0n) is 16.0. The van der Waals surface area contributed by atoms with Crippen LogP contribution in [-0.2, 0) is 21.2 Å². The Morgan fingerprint density at radius 2 is 1.80 bits per heavy atom. The van der Waals surface area contributed by atoms with Crippen molar-refractivity contribution in [1.82, 2.24) is 9.71 Å². The quantitative estimate of drug-likeness (QED) is 0.643. The molecule has 164 valence electrons. The molecule has 0 unspecified atom stereocenters. The lowest BCUT2D eigenvalue weighted by Gasteiger charge is -2.20. The zero-order valence-corrected chi connectivity index (χ0v) is 17.7. The Balaban J connectivity index is 1.54. The van der Waals surface area contributed by atoms with E-state index in [-0.39, 0.29) is 24.8 Å². The predicted octanol–water partition coefficient (Wildman–Crippen LogP) is 4.31. The summed E-state index contributed by atoms with van der Waals surface area (Å²) in [6, 6.07) is 7.26. The Kier molecular flexibility index (Phi) is 7.14. The number of halogens is 3. The monoisotopic (exact) mass is 461 g/mol. The first-order valence-corrected chi connectivity index (χ1v) is 11.9. The van der Waals surface area contributed by atoms with Gasteiger partial charge in [-0.2, -0.15) is 13.2 Å². The van der Waals surface area contributed by atoms with E-state index in [4.69, 9.17) is 0 Å². The second-order valence-corrected chi connectivity index (χ2v) is 9.99. The van der Waals surface area contributed by atoms with Gasteiger partial charge in [0.25, 0.3) is 0 Å². The molecule has 1 heterocycles. The average Bonchev–Trinajstić information content (AvgIpc) is 3.17. The Morgan fingerprint density at radius 1 is 1.13 bits per heavy atom. The molecule has 0 radical (unpaired) electrons. The lowest BCUT2D eigenvalue weighted by atomic mass is 9.88. The van der Waals surface area contributed by atoms with Crippen LogP contribution in [0.25, 0.3) is 10.4 Å². The molecule has 1 fully saturated rings. The van der Waals surface area contributed by atoms with Gasteiger partial charge < -0.3 is 5.32 Å². The maximum absolute atomic E-state index is 12.3. The van der Waals surface area contributed by atoms with Gasteiger partial charge in [0.2, 0.25) is 5.91 Å². The zero-order chi connectivity index (χ0) is 21.8. The summed E-state index contributed by atoms with van der Waals surface area (Å²) < 4.78 is 60.5. The Labute approximate surface area is 177 Å². The number of carbonyl (C=O) groups excluding carboxylic acids is 1. The van der Waals surface area contributed by atoms with E-state index in [9.17, 15) is 26.4 Å². The summed E-state index contributed by atoms with van der Waals surface area (Å²) >= 11 is 1.27. The highest BCUT2D eigenvalue weighted by molar-refractivity contribution is 7.90. The molecule has 0 aliphatic heterocycles. The first-order valence-electron chi connectivity index (χ1n) is 9.58. The van der Waals surface area contributed by atoms with Crippen LogP contribution < -0.4 is 10.0 Å². The van der Waals surface area contributed by atoms with Crippen molar-refractivity contribution in [2.75, 3.05) is 11.9 Å². The number of anilines is 1. The second kappa shape index (κ2) is 9.44. The van der Waals surface area contributed by atoms with Gasteiger partial charge in [-0.05, 0) is 30.5 Å². The summed E-state index contributed by atoms with van der Waals surface area (Å²) in [5.41, 5.74) is -3.76. The van der Waals surface area contributed by atoms with E-state index in [0.29, 0.717) is 10.7 Å². The van der Waals surface area contributed by atoms with Crippen molar-refractivity contribution in [3.63, 3.8) is 0 Å². The molecule has 0 atom stereocenters. The lowest BCUT2D eigenvalue weighted by Crippen LogP contribution is -2.37. The van der Waals surface area contributed by atoms with E-state index in [0.717, 1.165) is 36.1 Å². The minimum Gasteiger partial charge on any atom is -0.326 e. The van der Waals surface area contributed by atoms with Crippen LogP contribution in [0.2, 0.25) is 0 Å². The van der Waals surface area contributed by atoms with Crippen molar-refractivity contribution in [2.45, 2.75) is 44.0 Å². The highest BCUT2D eigenvalue weighted by Crippen LogP contribution is 2.29. The average molecular weight is 462 g/mol. The molecule has 1 amide bonds. The largest absolute Gasteiger partial charge is 0.511 e. The molecule has 30 heavy (non-hydrogen) atoms. The molecule has 2 N–H and O–H groups in total.